The maximum atomic E-state index is 12.0. The van der Waals surface area contributed by atoms with Gasteiger partial charge in [-0.1, -0.05) is 0 Å². The number of hydrogen-bond donors (Lipinski definition) is 0. The molecule has 0 fully saturated rings. The van der Waals surface area contributed by atoms with Crippen LogP contribution in [0.5, 0.6) is 0 Å². The molecule has 0 N–H and O–H groups in total. The molecule has 0 heterocycles. The Hall–Kier alpha value is -0.420. The average Bonchev–Trinajstić information content (AvgIpc) is 1.82. The van der Waals surface area contributed by atoms with Gasteiger partial charge in [0.2, 0.25) is 0 Å². The van der Waals surface area contributed by atoms with Crippen LogP contribution in [0, 0.1) is 0 Å². The normalized spacial score (nSPS) is 18.0. The minimum absolute atomic E-state index is 1.72. The van der Waals surface area contributed by atoms with Gasteiger partial charge in [-0.05, 0) is 0 Å². The molecule has 2 atom stereocenters. The third-order valence-electron chi connectivity index (χ3n) is 0.966. The molecule has 0 rings (SSSR count). The van der Waals surface area contributed by atoms with E-state index in [1.807, 2.05) is 0 Å². The van der Waals surface area contributed by atoms with Gasteiger partial charge in [0.05, 0.1) is 6.42 Å². The molecular formula is C5H6F6. The molecule has 0 nitrogen and oxygen atoms in total. The highest BCUT2D eigenvalue weighted by Crippen LogP contribution is 2.25. The molecule has 0 aliphatic carbocycles. The van der Waals surface area contributed by atoms with Gasteiger partial charge in [0.1, 0.15) is 12.8 Å². The lowest BCUT2D eigenvalue weighted by Gasteiger charge is -2.12. The smallest absolute Gasteiger partial charge is 0.248 e. The van der Waals surface area contributed by atoms with Crippen LogP contribution in [0.1, 0.15) is 6.42 Å². The molecule has 0 saturated heterocycles. The van der Waals surface area contributed by atoms with Gasteiger partial charge in [-0.2, -0.15) is 13.2 Å². The molecule has 0 bridgehead atoms. The van der Waals surface area contributed by atoms with E-state index in [0.717, 1.165) is 0 Å². The maximum absolute atomic E-state index is 12.0. The quantitative estimate of drug-likeness (QED) is 0.585. The monoisotopic (exact) mass is 180 g/mol. The fourth-order valence-electron chi connectivity index (χ4n) is 0.446. The molecule has 0 amide bonds. The van der Waals surface area contributed by atoms with E-state index in [9.17, 15) is 26.3 Å². The molecule has 68 valence electrons. The first kappa shape index (κ1) is 10.6. The third-order valence-corrected chi connectivity index (χ3v) is 0.966. The molecule has 0 spiro atoms. The minimum atomic E-state index is -4.78. The summed E-state index contributed by atoms with van der Waals surface area (Å²) in [6.45, 7) is -1.72. The number of alkyl halides is 6. The maximum Gasteiger partial charge on any atom is 0.392 e. The van der Waals surface area contributed by atoms with Crippen molar-refractivity contribution in [3.8, 4) is 0 Å². The highest BCUT2D eigenvalue weighted by molar-refractivity contribution is 4.70. The summed E-state index contributed by atoms with van der Waals surface area (Å²) in [4.78, 5) is 0. The highest BCUT2D eigenvalue weighted by Gasteiger charge is 2.36. The first-order chi connectivity index (χ1) is 4.87. The number of rotatable bonds is 3. The fraction of sp³-hybridized carbons (Fsp3) is 1.00. The molecule has 0 aliphatic rings. The summed E-state index contributed by atoms with van der Waals surface area (Å²) >= 11 is 0. The molecule has 6 heteroatoms. The van der Waals surface area contributed by atoms with E-state index in [2.05, 4.69) is 0 Å². The van der Waals surface area contributed by atoms with E-state index in [4.69, 9.17) is 0 Å². The van der Waals surface area contributed by atoms with Crippen LogP contribution >= 0.6 is 0 Å². The second-order valence-corrected chi connectivity index (χ2v) is 2.01. The second kappa shape index (κ2) is 3.82. The molecule has 11 heavy (non-hydrogen) atoms. The summed E-state index contributed by atoms with van der Waals surface area (Å²) in [7, 11) is 0. The predicted octanol–water partition coefficient (Wildman–Crippen LogP) is 2.58. The van der Waals surface area contributed by atoms with E-state index in [1.54, 1.807) is 0 Å². The van der Waals surface area contributed by atoms with Crippen molar-refractivity contribution in [1.29, 1.82) is 0 Å². The fourth-order valence-corrected chi connectivity index (χ4v) is 0.446. The zero-order valence-corrected chi connectivity index (χ0v) is 5.34. The van der Waals surface area contributed by atoms with Crippen LogP contribution in [0.2, 0.25) is 0 Å². The van der Waals surface area contributed by atoms with E-state index in [1.165, 1.54) is 0 Å². The van der Waals surface area contributed by atoms with Gasteiger partial charge < -0.3 is 0 Å². The van der Waals surface area contributed by atoms with Crippen LogP contribution in [0.15, 0.2) is 0 Å². The minimum Gasteiger partial charge on any atom is -0.248 e. The summed E-state index contributed by atoms with van der Waals surface area (Å²) in [5.74, 6) is 0. The molecule has 0 saturated carbocycles. The first-order valence-corrected chi connectivity index (χ1v) is 2.77. The largest absolute Gasteiger partial charge is 0.392 e. The zero-order valence-electron chi connectivity index (χ0n) is 5.34. The molecule has 0 aromatic heterocycles. The number of hydrogen-bond acceptors (Lipinski definition) is 0. The van der Waals surface area contributed by atoms with Crippen molar-refractivity contribution < 1.29 is 26.3 Å². The van der Waals surface area contributed by atoms with E-state index in [0.29, 0.717) is 0 Å². The Kier molecular flexibility index (Phi) is 3.68. The zero-order chi connectivity index (χ0) is 9.07. The van der Waals surface area contributed by atoms with Crippen molar-refractivity contribution in [2.75, 3.05) is 6.67 Å². The lowest BCUT2D eigenvalue weighted by atomic mass is 10.2. The lowest BCUT2D eigenvalue weighted by molar-refractivity contribution is -0.151. The van der Waals surface area contributed by atoms with Crippen molar-refractivity contribution in [3.05, 3.63) is 0 Å². The van der Waals surface area contributed by atoms with Gasteiger partial charge in [0.15, 0.2) is 6.17 Å². The molecule has 0 aromatic carbocycles. The summed E-state index contributed by atoms with van der Waals surface area (Å²) in [6, 6.07) is 0. The van der Waals surface area contributed by atoms with Crippen LogP contribution in [-0.2, 0) is 0 Å². The standard InChI is InChI=1S/C5H6F6/c6-2-4(8)3(7)1-5(9,10)11/h3-4H,1-2H2. The average molecular weight is 180 g/mol. The molecular weight excluding hydrogens is 174 g/mol. The van der Waals surface area contributed by atoms with Gasteiger partial charge in [0.25, 0.3) is 0 Å². The van der Waals surface area contributed by atoms with Gasteiger partial charge in [-0.3, -0.25) is 0 Å². The molecule has 0 aromatic rings. The second-order valence-electron chi connectivity index (χ2n) is 2.01. The Labute approximate surface area is 59.2 Å². The van der Waals surface area contributed by atoms with E-state index >= 15 is 0 Å². The summed E-state index contributed by atoms with van der Waals surface area (Å²) in [5.41, 5.74) is 0. The summed E-state index contributed by atoms with van der Waals surface area (Å²) in [6.07, 6.45) is -12.2. The topological polar surface area (TPSA) is 0 Å². The van der Waals surface area contributed by atoms with Crippen LogP contribution < -0.4 is 0 Å². The predicted molar refractivity (Wildman–Crippen MR) is 26.4 cm³/mol. The SMILES string of the molecule is FCC(F)C(F)CC(F)(F)F. The van der Waals surface area contributed by atoms with Gasteiger partial charge in [-0.25, -0.2) is 13.2 Å². The Morgan fingerprint density at radius 2 is 1.45 bits per heavy atom. The highest BCUT2D eigenvalue weighted by atomic mass is 19.4. The van der Waals surface area contributed by atoms with Crippen molar-refractivity contribution in [1.82, 2.24) is 0 Å². The summed E-state index contributed by atoms with van der Waals surface area (Å²) < 4.78 is 68.8. The Morgan fingerprint density at radius 1 is 1.00 bits per heavy atom. The Balaban J connectivity index is 3.77. The Morgan fingerprint density at radius 3 is 1.73 bits per heavy atom. The van der Waals surface area contributed by atoms with Crippen LogP contribution in [-0.4, -0.2) is 25.2 Å². The van der Waals surface area contributed by atoms with Gasteiger partial charge >= 0.3 is 6.18 Å². The Bertz CT molecular complexity index is 108. The van der Waals surface area contributed by atoms with Crippen LogP contribution in [0.3, 0.4) is 0 Å². The van der Waals surface area contributed by atoms with Crippen molar-refractivity contribution in [2.24, 2.45) is 0 Å². The van der Waals surface area contributed by atoms with E-state index < -0.39 is 31.6 Å². The third kappa shape index (κ3) is 4.92. The van der Waals surface area contributed by atoms with Crippen LogP contribution in [0.4, 0.5) is 26.3 Å². The molecule has 0 aliphatic heterocycles. The molecule has 0 radical (unpaired) electrons. The van der Waals surface area contributed by atoms with Crippen LogP contribution in [0.25, 0.3) is 0 Å². The van der Waals surface area contributed by atoms with Crippen molar-refractivity contribution in [2.45, 2.75) is 24.9 Å². The van der Waals surface area contributed by atoms with Crippen molar-refractivity contribution >= 4 is 0 Å². The van der Waals surface area contributed by atoms with Gasteiger partial charge in [0, 0.05) is 0 Å². The number of halogens is 6. The molecule has 2 unspecified atom stereocenters. The van der Waals surface area contributed by atoms with Gasteiger partial charge in [-0.15, -0.1) is 0 Å². The van der Waals surface area contributed by atoms with E-state index in [-0.39, 0.29) is 0 Å². The lowest BCUT2D eigenvalue weighted by Crippen LogP contribution is -2.26. The van der Waals surface area contributed by atoms with Crippen molar-refractivity contribution in [3.63, 3.8) is 0 Å². The first-order valence-electron chi connectivity index (χ1n) is 2.77. The summed E-state index contributed by atoms with van der Waals surface area (Å²) in [5, 5.41) is 0.